The summed E-state index contributed by atoms with van der Waals surface area (Å²) in [5, 5.41) is 13.5. The van der Waals surface area contributed by atoms with Crippen molar-refractivity contribution in [1.82, 2.24) is 15.1 Å². The van der Waals surface area contributed by atoms with Gasteiger partial charge in [-0.05, 0) is 38.8 Å². The Morgan fingerprint density at radius 1 is 0.955 bits per heavy atom. The lowest BCUT2D eigenvalue weighted by molar-refractivity contribution is 0.0313. The van der Waals surface area contributed by atoms with Gasteiger partial charge in [0.1, 0.15) is 0 Å². The van der Waals surface area contributed by atoms with E-state index in [0.29, 0.717) is 12.6 Å². The normalized spacial score (nSPS) is 28.2. The Kier molecular flexibility index (Phi) is 6.10. The molecule has 22 heavy (non-hydrogen) atoms. The monoisotopic (exact) mass is 311 g/mol. The van der Waals surface area contributed by atoms with Crippen LogP contribution in [0.15, 0.2) is 0 Å². The number of aliphatic hydroxyl groups excluding tert-OH is 1. The first-order valence-corrected chi connectivity index (χ1v) is 9.21. The Balaban J connectivity index is 1.35. The molecule has 3 fully saturated rings. The quantitative estimate of drug-likeness (QED) is 0.755. The molecule has 0 bridgehead atoms. The zero-order chi connectivity index (χ0) is 15.3. The van der Waals surface area contributed by atoms with Crippen molar-refractivity contribution in [2.24, 2.45) is 0 Å². The molecule has 3 rings (SSSR count). The van der Waals surface area contributed by atoms with E-state index < -0.39 is 0 Å². The van der Waals surface area contributed by atoms with Crippen molar-refractivity contribution in [3.8, 4) is 0 Å². The number of piperidine rings is 1. The highest BCUT2D eigenvalue weighted by Gasteiger charge is 2.35. The molecule has 0 aromatic carbocycles. The fraction of sp³-hybridized carbons (Fsp3) is 1.00. The average Bonchev–Trinajstić information content (AvgIpc) is 3.04. The molecule has 0 aromatic heterocycles. The fourth-order valence-electron chi connectivity index (χ4n) is 4.24. The second-order valence-corrected chi connectivity index (χ2v) is 7.36. The summed E-state index contributed by atoms with van der Waals surface area (Å²) in [6.07, 6.45) is 7.30. The van der Waals surface area contributed by atoms with E-state index in [0.717, 1.165) is 39.1 Å². The van der Waals surface area contributed by atoms with E-state index in [-0.39, 0.29) is 5.54 Å². The molecule has 0 unspecified atom stereocenters. The molecule has 2 heterocycles. The summed E-state index contributed by atoms with van der Waals surface area (Å²) >= 11 is 0. The summed E-state index contributed by atoms with van der Waals surface area (Å²) in [5.74, 6) is 0. The maximum atomic E-state index is 9.74. The SMILES string of the molecule is OCC1(NC2CCN(CCN3CCOCC3)CC2)CCCC1. The lowest BCUT2D eigenvalue weighted by Crippen LogP contribution is -2.54. The third kappa shape index (κ3) is 4.42. The second kappa shape index (κ2) is 8.06. The fourth-order valence-corrected chi connectivity index (χ4v) is 4.24. The minimum Gasteiger partial charge on any atom is -0.394 e. The lowest BCUT2D eigenvalue weighted by atomic mass is 9.94. The van der Waals surface area contributed by atoms with Crippen molar-refractivity contribution >= 4 is 0 Å². The smallest absolute Gasteiger partial charge is 0.0613 e. The van der Waals surface area contributed by atoms with E-state index in [1.807, 2.05) is 0 Å². The summed E-state index contributed by atoms with van der Waals surface area (Å²) < 4.78 is 5.40. The molecule has 2 N–H and O–H groups in total. The van der Waals surface area contributed by atoms with Gasteiger partial charge in [-0.1, -0.05) is 12.8 Å². The number of hydrogen-bond donors (Lipinski definition) is 2. The van der Waals surface area contributed by atoms with E-state index in [4.69, 9.17) is 4.74 Å². The molecule has 0 atom stereocenters. The van der Waals surface area contributed by atoms with E-state index in [9.17, 15) is 5.11 Å². The van der Waals surface area contributed by atoms with Crippen LogP contribution in [-0.4, -0.2) is 85.6 Å². The molecule has 5 heteroatoms. The standard InChI is InChI=1S/C17H33N3O2/c21-15-17(5-1-2-6-17)18-16-3-7-19(8-4-16)9-10-20-11-13-22-14-12-20/h16,18,21H,1-15H2. The average molecular weight is 311 g/mol. The first-order chi connectivity index (χ1) is 10.8. The van der Waals surface area contributed by atoms with Crippen molar-refractivity contribution < 1.29 is 9.84 Å². The highest BCUT2D eigenvalue weighted by Crippen LogP contribution is 2.30. The molecule has 128 valence electrons. The van der Waals surface area contributed by atoms with Crippen LogP contribution in [0.4, 0.5) is 0 Å². The van der Waals surface area contributed by atoms with Crippen LogP contribution in [0.3, 0.4) is 0 Å². The molecule has 2 aliphatic heterocycles. The van der Waals surface area contributed by atoms with Crippen LogP contribution in [0.25, 0.3) is 0 Å². The first kappa shape index (κ1) is 16.7. The number of likely N-dealkylation sites (tertiary alicyclic amines) is 1. The van der Waals surface area contributed by atoms with Crippen LogP contribution in [0.5, 0.6) is 0 Å². The van der Waals surface area contributed by atoms with Gasteiger partial charge in [0.25, 0.3) is 0 Å². The molecular formula is C17H33N3O2. The van der Waals surface area contributed by atoms with Gasteiger partial charge in [0.05, 0.1) is 19.8 Å². The molecule has 0 amide bonds. The van der Waals surface area contributed by atoms with Crippen LogP contribution in [0, 0.1) is 0 Å². The van der Waals surface area contributed by atoms with E-state index in [1.165, 1.54) is 51.9 Å². The van der Waals surface area contributed by atoms with Gasteiger partial charge in [-0.2, -0.15) is 0 Å². The number of nitrogens with one attached hydrogen (secondary N) is 1. The summed E-state index contributed by atoms with van der Waals surface area (Å²) in [7, 11) is 0. The van der Waals surface area contributed by atoms with E-state index >= 15 is 0 Å². The minimum absolute atomic E-state index is 0.0423. The Morgan fingerprint density at radius 2 is 1.55 bits per heavy atom. The Labute approximate surface area is 135 Å². The molecule has 0 aromatic rings. The van der Waals surface area contributed by atoms with Crippen molar-refractivity contribution in [2.75, 3.05) is 59.1 Å². The Bertz CT molecular complexity index is 320. The van der Waals surface area contributed by atoms with Crippen LogP contribution >= 0.6 is 0 Å². The van der Waals surface area contributed by atoms with Gasteiger partial charge in [0, 0.05) is 37.8 Å². The lowest BCUT2D eigenvalue weighted by Gasteiger charge is -2.39. The zero-order valence-corrected chi connectivity index (χ0v) is 13.9. The summed E-state index contributed by atoms with van der Waals surface area (Å²) in [4.78, 5) is 5.13. The largest absolute Gasteiger partial charge is 0.394 e. The molecule has 5 nitrogen and oxygen atoms in total. The maximum Gasteiger partial charge on any atom is 0.0613 e. The van der Waals surface area contributed by atoms with E-state index in [2.05, 4.69) is 15.1 Å². The number of aliphatic hydroxyl groups is 1. The van der Waals surface area contributed by atoms with Crippen LogP contribution in [0.1, 0.15) is 38.5 Å². The first-order valence-electron chi connectivity index (χ1n) is 9.21. The summed E-state index contributed by atoms with van der Waals surface area (Å²) in [5.41, 5.74) is 0.0423. The van der Waals surface area contributed by atoms with Crippen molar-refractivity contribution in [1.29, 1.82) is 0 Å². The van der Waals surface area contributed by atoms with Gasteiger partial charge < -0.3 is 20.1 Å². The Hall–Kier alpha value is -0.200. The zero-order valence-electron chi connectivity index (χ0n) is 13.9. The number of rotatable bonds is 6. The predicted molar refractivity (Wildman–Crippen MR) is 88.1 cm³/mol. The predicted octanol–water partition coefficient (Wildman–Crippen LogP) is 0.678. The van der Waals surface area contributed by atoms with Crippen LogP contribution in [-0.2, 0) is 4.74 Å². The number of hydrogen-bond acceptors (Lipinski definition) is 5. The van der Waals surface area contributed by atoms with Gasteiger partial charge in [0.2, 0.25) is 0 Å². The summed E-state index contributed by atoms with van der Waals surface area (Å²) in [6.45, 7) is 9.07. The van der Waals surface area contributed by atoms with Crippen LogP contribution < -0.4 is 5.32 Å². The van der Waals surface area contributed by atoms with E-state index in [1.54, 1.807) is 0 Å². The highest BCUT2D eigenvalue weighted by molar-refractivity contribution is 4.95. The molecule has 1 saturated carbocycles. The van der Waals surface area contributed by atoms with Crippen molar-refractivity contribution in [2.45, 2.75) is 50.1 Å². The highest BCUT2D eigenvalue weighted by atomic mass is 16.5. The van der Waals surface area contributed by atoms with Gasteiger partial charge in [-0.25, -0.2) is 0 Å². The third-order valence-electron chi connectivity index (χ3n) is 5.80. The molecule has 0 radical (unpaired) electrons. The number of morpholine rings is 1. The van der Waals surface area contributed by atoms with Crippen molar-refractivity contribution in [3.63, 3.8) is 0 Å². The number of ether oxygens (including phenoxy) is 1. The molecule has 3 aliphatic rings. The second-order valence-electron chi connectivity index (χ2n) is 7.36. The third-order valence-corrected chi connectivity index (χ3v) is 5.80. The summed E-state index contributed by atoms with van der Waals surface area (Å²) in [6, 6.07) is 0.602. The minimum atomic E-state index is 0.0423. The molecular weight excluding hydrogens is 278 g/mol. The van der Waals surface area contributed by atoms with Gasteiger partial charge in [-0.15, -0.1) is 0 Å². The molecule has 1 aliphatic carbocycles. The van der Waals surface area contributed by atoms with Crippen molar-refractivity contribution in [3.05, 3.63) is 0 Å². The van der Waals surface area contributed by atoms with Gasteiger partial charge in [-0.3, -0.25) is 4.90 Å². The van der Waals surface area contributed by atoms with Crippen LogP contribution in [0.2, 0.25) is 0 Å². The topological polar surface area (TPSA) is 48.0 Å². The Morgan fingerprint density at radius 3 is 2.14 bits per heavy atom. The number of nitrogens with zero attached hydrogens (tertiary/aromatic N) is 2. The van der Waals surface area contributed by atoms with Gasteiger partial charge >= 0.3 is 0 Å². The van der Waals surface area contributed by atoms with Gasteiger partial charge in [0.15, 0.2) is 0 Å². The maximum absolute atomic E-state index is 9.74. The molecule has 2 saturated heterocycles. The molecule has 0 spiro atoms.